The summed E-state index contributed by atoms with van der Waals surface area (Å²) in [7, 11) is 1.65. The summed E-state index contributed by atoms with van der Waals surface area (Å²) in [6.45, 7) is 23.4. The molecule has 0 spiro atoms. The average Bonchev–Trinajstić information content (AvgIpc) is 2.94. The van der Waals surface area contributed by atoms with Gasteiger partial charge < -0.3 is 53.1 Å². The third-order valence-corrected chi connectivity index (χ3v) is 5.74. The second-order valence-corrected chi connectivity index (χ2v) is 11.2. The molecule has 0 aromatic rings. The van der Waals surface area contributed by atoms with Crippen LogP contribution in [-0.2, 0) is 47.4 Å². The Morgan fingerprint density at radius 1 is 0.366 bits per heavy atom. The highest BCUT2D eigenvalue weighted by Gasteiger charge is 2.15. The first kappa shape index (κ1) is 40.6. The van der Waals surface area contributed by atoms with Crippen LogP contribution in [0.25, 0.3) is 0 Å². The van der Waals surface area contributed by atoms with Crippen molar-refractivity contribution < 1.29 is 47.4 Å². The minimum atomic E-state index is -0.0608. The zero-order valence-corrected chi connectivity index (χ0v) is 27.6. The molecule has 11 heteroatoms. The van der Waals surface area contributed by atoms with Crippen molar-refractivity contribution in [1.29, 1.82) is 0 Å². The van der Waals surface area contributed by atoms with Crippen molar-refractivity contribution in [2.75, 3.05) is 79.8 Å². The molecule has 0 aliphatic carbocycles. The molecule has 0 aliphatic heterocycles. The lowest BCUT2D eigenvalue weighted by atomic mass is 10.3. The van der Waals surface area contributed by atoms with Gasteiger partial charge in [0.25, 0.3) is 0 Å². The number of rotatable bonds is 29. The van der Waals surface area contributed by atoms with Crippen molar-refractivity contribution in [3.63, 3.8) is 0 Å². The Kier molecular flexibility index (Phi) is 25.7. The first-order chi connectivity index (χ1) is 19.4. The van der Waals surface area contributed by atoms with E-state index < -0.39 is 0 Å². The molecular weight excluding hydrogens is 534 g/mol. The molecule has 0 aromatic carbocycles. The maximum Gasteiger partial charge on any atom is 0.0781 e. The maximum atomic E-state index is 5.90. The number of ether oxygens (including phenoxy) is 10. The van der Waals surface area contributed by atoms with Crippen LogP contribution in [0.4, 0.5) is 0 Å². The molecule has 0 radical (unpaired) electrons. The van der Waals surface area contributed by atoms with Gasteiger partial charge in [0.1, 0.15) is 0 Å². The van der Waals surface area contributed by atoms with Gasteiger partial charge in [-0.25, -0.2) is 0 Å². The topological polar surface area (TPSA) is 118 Å². The number of methoxy groups -OCH3 is 1. The molecule has 11 nitrogen and oxygen atoms in total. The second-order valence-electron chi connectivity index (χ2n) is 11.2. The van der Waals surface area contributed by atoms with Crippen molar-refractivity contribution in [3.05, 3.63) is 0 Å². The summed E-state index contributed by atoms with van der Waals surface area (Å²) in [5.74, 6) is 0. The van der Waals surface area contributed by atoms with Gasteiger partial charge >= 0.3 is 0 Å². The van der Waals surface area contributed by atoms with Crippen molar-refractivity contribution in [3.8, 4) is 0 Å². The van der Waals surface area contributed by atoms with E-state index in [-0.39, 0.29) is 54.9 Å². The first-order valence-electron chi connectivity index (χ1n) is 15.2. The molecular formula is C30H63NO10. The molecule has 0 heterocycles. The van der Waals surface area contributed by atoms with Gasteiger partial charge in [-0.1, -0.05) is 0 Å². The standard InChI is InChI=1S/C30H63NO10/c1-22(31)13-34-24(3)15-36-26(5)17-38-28(7)19-40-30(9)21-41-29(8)20-39-27(6)18-37-25(4)16-35-23(2)14-33-12-11-32-10/h22-30H,11-21,31H2,1-10H3. The van der Waals surface area contributed by atoms with Gasteiger partial charge in [0.15, 0.2) is 0 Å². The highest BCUT2D eigenvalue weighted by molar-refractivity contribution is 4.60. The first-order valence-corrected chi connectivity index (χ1v) is 15.2. The van der Waals surface area contributed by atoms with E-state index in [1.807, 2.05) is 62.3 Å². The molecule has 0 bridgehead atoms. The molecule has 0 fully saturated rings. The molecule has 0 saturated carbocycles. The summed E-state index contributed by atoms with van der Waals surface area (Å²) in [4.78, 5) is 0. The zero-order chi connectivity index (χ0) is 31.0. The Balaban J connectivity index is 3.85. The van der Waals surface area contributed by atoms with Crippen LogP contribution in [0.5, 0.6) is 0 Å². The summed E-state index contributed by atoms with van der Waals surface area (Å²) in [5.41, 5.74) is 5.71. The van der Waals surface area contributed by atoms with Crippen LogP contribution in [0.15, 0.2) is 0 Å². The van der Waals surface area contributed by atoms with Gasteiger partial charge in [-0.05, 0) is 62.3 Å². The van der Waals surface area contributed by atoms with E-state index in [1.54, 1.807) is 7.11 Å². The summed E-state index contributed by atoms with van der Waals surface area (Å²) in [6, 6.07) is 0.0189. The van der Waals surface area contributed by atoms with Crippen LogP contribution in [0.3, 0.4) is 0 Å². The fourth-order valence-corrected chi connectivity index (χ4v) is 3.19. The molecule has 0 aromatic heterocycles. The van der Waals surface area contributed by atoms with Crippen LogP contribution in [0, 0.1) is 0 Å². The molecule has 0 saturated heterocycles. The Hall–Kier alpha value is -0.440. The predicted octanol–water partition coefficient (Wildman–Crippen LogP) is 3.24. The van der Waals surface area contributed by atoms with Gasteiger partial charge in [0, 0.05) is 13.2 Å². The number of nitrogens with two attached hydrogens (primary N) is 1. The van der Waals surface area contributed by atoms with Crippen LogP contribution in [-0.4, -0.2) is 135 Å². The maximum absolute atomic E-state index is 5.90. The summed E-state index contributed by atoms with van der Waals surface area (Å²) >= 11 is 0. The minimum absolute atomic E-state index is 0.000783. The quantitative estimate of drug-likeness (QED) is 0.128. The van der Waals surface area contributed by atoms with Gasteiger partial charge in [-0.2, -0.15) is 0 Å². The van der Waals surface area contributed by atoms with E-state index in [1.165, 1.54) is 0 Å². The Labute approximate surface area is 250 Å². The van der Waals surface area contributed by atoms with Crippen molar-refractivity contribution in [1.82, 2.24) is 0 Å². The highest BCUT2D eigenvalue weighted by Crippen LogP contribution is 2.05. The molecule has 0 rings (SSSR count). The normalized spacial score (nSPS) is 18.8. The SMILES string of the molecule is COCCOCC(C)OCC(C)OCC(C)OCC(C)OCC(C)OCC(C)OCC(C)OCC(C)OCC(C)N. The number of hydrogen-bond donors (Lipinski definition) is 1. The third kappa shape index (κ3) is 26.9. The lowest BCUT2D eigenvalue weighted by Gasteiger charge is -2.23. The third-order valence-electron chi connectivity index (χ3n) is 5.74. The lowest BCUT2D eigenvalue weighted by Crippen LogP contribution is -2.31. The van der Waals surface area contributed by atoms with Gasteiger partial charge in [-0.15, -0.1) is 0 Å². The fourth-order valence-electron chi connectivity index (χ4n) is 3.19. The Morgan fingerprint density at radius 3 is 0.854 bits per heavy atom. The van der Waals surface area contributed by atoms with E-state index in [0.717, 1.165) is 0 Å². The Morgan fingerprint density at radius 2 is 0.610 bits per heavy atom. The Bertz CT molecular complexity index is 573. The largest absolute Gasteiger partial charge is 0.382 e. The van der Waals surface area contributed by atoms with Crippen LogP contribution >= 0.6 is 0 Å². The molecule has 248 valence electrons. The van der Waals surface area contributed by atoms with Gasteiger partial charge in [0.05, 0.1) is 122 Å². The van der Waals surface area contributed by atoms with Crippen LogP contribution < -0.4 is 5.73 Å². The van der Waals surface area contributed by atoms with Crippen LogP contribution in [0.2, 0.25) is 0 Å². The van der Waals surface area contributed by atoms with E-state index in [2.05, 4.69) is 0 Å². The predicted molar refractivity (Wildman–Crippen MR) is 160 cm³/mol. The second kappa shape index (κ2) is 26.0. The summed E-state index contributed by atoms with van der Waals surface area (Å²) in [5, 5.41) is 0. The molecule has 9 atom stereocenters. The monoisotopic (exact) mass is 597 g/mol. The molecule has 2 N–H and O–H groups in total. The summed E-state index contributed by atoms with van der Waals surface area (Å²) < 4.78 is 57.0. The van der Waals surface area contributed by atoms with E-state index in [9.17, 15) is 0 Å². The highest BCUT2D eigenvalue weighted by atomic mass is 16.6. The lowest BCUT2D eigenvalue weighted by molar-refractivity contribution is -0.110. The van der Waals surface area contributed by atoms with Crippen molar-refractivity contribution in [2.45, 2.75) is 117 Å². The van der Waals surface area contributed by atoms with Crippen molar-refractivity contribution in [2.24, 2.45) is 5.73 Å². The molecule has 0 aliphatic rings. The zero-order valence-electron chi connectivity index (χ0n) is 27.6. The minimum Gasteiger partial charge on any atom is -0.382 e. The van der Waals surface area contributed by atoms with Crippen LogP contribution in [0.1, 0.15) is 62.3 Å². The molecule has 41 heavy (non-hydrogen) atoms. The van der Waals surface area contributed by atoms with Gasteiger partial charge in [-0.3, -0.25) is 0 Å². The van der Waals surface area contributed by atoms with E-state index >= 15 is 0 Å². The fraction of sp³-hybridized carbons (Fsp3) is 1.00. The van der Waals surface area contributed by atoms with E-state index in [0.29, 0.717) is 72.7 Å². The van der Waals surface area contributed by atoms with E-state index in [4.69, 9.17) is 53.1 Å². The number of hydrogen-bond acceptors (Lipinski definition) is 11. The summed E-state index contributed by atoms with van der Waals surface area (Å²) in [6.07, 6.45) is -0.307. The smallest absolute Gasteiger partial charge is 0.0781 e. The average molecular weight is 598 g/mol. The molecule has 9 unspecified atom stereocenters. The van der Waals surface area contributed by atoms with Crippen molar-refractivity contribution >= 4 is 0 Å². The molecule has 0 amide bonds. The van der Waals surface area contributed by atoms with Gasteiger partial charge in [0.2, 0.25) is 0 Å².